The molecule has 2 amide bonds. The van der Waals surface area contributed by atoms with Gasteiger partial charge >= 0.3 is 6.03 Å². The number of nitrogens with one attached hydrogen (secondary N) is 1. The fourth-order valence-corrected chi connectivity index (χ4v) is 4.40. The van der Waals surface area contributed by atoms with E-state index in [-0.39, 0.29) is 6.03 Å². The lowest BCUT2D eigenvalue weighted by atomic mass is 10.0. The number of hydrogen-bond acceptors (Lipinski definition) is 3. The summed E-state index contributed by atoms with van der Waals surface area (Å²) in [7, 11) is -1.02. The Balaban J connectivity index is 1.40. The number of nitrogens with zero attached hydrogens (tertiary/aromatic N) is 3. The number of urea groups is 1. The summed E-state index contributed by atoms with van der Waals surface area (Å²) in [5.41, 5.74) is 2.91. The number of carbonyl (C=O) groups is 1. The number of rotatable bonds is 3. The summed E-state index contributed by atoms with van der Waals surface area (Å²) in [6.45, 7) is 3.46. The Morgan fingerprint density at radius 3 is 2.46 bits per heavy atom. The number of amides is 2. The van der Waals surface area contributed by atoms with Gasteiger partial charge in [-0.15, -0.1) is 0 Å². The highest BCUT2D eigenvalue weighted by Crippen LogP contribution is 2.28. The minimum absolute atomic E-state index is 0.0870. The van der Waals surface area contributed by atoms with Crippen molar-refractivity contribution >= 4 is 33.6 Å². The molecule has 1 aliphatic heterocycles. The van der Waals surface area contributed by atoms with Crippen LogP contribution in [0.1, 0.15) is 24.7 Å². The highest BCUT2D eigenvalue weighted by Gasteiger charge is 2.26. The van der Waals surface area contributed by atoms with E-state index in [0.717, 1.165) is 40.3 Å². The largest absolute Gasteiger partial charge is 0.325 e. The van der Waals surface area contributed by atoms with Gasteiger partial charge in [0.1, 0.15) is 5.82 Å². The minimum atomic E-state index is -1.02. The van der Waals surface area contributed by atoms with Gasteiger partial charge in [0, 0.05) is 46.8 Å². The maximum atomic E-state index is 12.6. The van der Waals surface area contributed by atoms with Crippen molar-refractivity contribution in [3.8, 4) is 0 Å². The molecule has 0 radical (unpaired) electrons. The number of fused-ring (bicyclic) bond motifs is 1. The summed E-state index contributed by atoms with van der Waals surface area (Å²) >= 11 is 0. The van der Waals surface area contributed by atoms with E-state index < -0.39 is 10.8 Å². The van der Waals surface area contributed by atoms with Gasteiger partial charge in [-0.05, 0) is 56.2 Å². The highest BCUT2D eigenvalue weighted by atomic mass is 32.2. The predicted octanol–water partition coefficient (Wildman–Crippen LogP) is 3.95. The van der Waals surface area contributed by atoms with E-state index >= 15 is 0 Å². The Morgan fingerprint density at radius 2 is 1.79 bits per heavy atom. The Kier molecular flexibility index (Phi) is 5.17. The number of aryl methyl sites for hydroxylation is 1. The molecule has 1 aromatic heterocycles. The van der Waals surface area contributed by atoms with Crippen LogP contribution < -0.4 is 5.32 Å². The number of carbonyl (C=O) groups excluding carboxylic acids is 1. The standard InChI is InChI=1S/C21H24N4O2S/c1-15-22-19-5-3-4-6-20(19)25(15)17-11-13-24(14-12-17)21(26)23-16-7-9-18(10-8-16)28(2)27/h3-10,17H,11-14H2,1-2H3,(H,23,26). The van der Waals surface area contributed by atoms with Crippen LogP contribution in [0.2, 0.25) is 0 Å². The zero-order valence-corrected chi connectivity index (χ0v) is 16.9. The van der Waals surface area contributed by atoms with Gasteiger partial charge in [0.15, 0.2) is 0 Å². The fourth-order valence-electron chi connectivity index (χ4n) is 3.89. The van der Waals surface area contributed by atoms with Crippen LogP contribution in [0.25, 0.3) is 11.0 Å². The third-order valence-corrected chi connectivity index (χ3v) is 6.26. The summed E-state index contributed by atoms with van der Waals surface area (Å²) < 4.78 is 13.8. The molecule has 3 aromatic rings. The van der Waals surface area contributed by atoms with E-state index in [0.29, 0.717) is 19.1 Å². The van der Waals surface area contributed by atoms with E-state index in [9.17, 15) is 9.00 Å². The minimum Gasteiger partial charge on any atom is -0.325 e. The molecule has 1 aliphatic rings. The number of likely N-dealkylation sites (tertiary alicyclic amines) is 1. The average molecular weight is 397 g/mol. The number of benzene rings is 2. The molecule has 0 aliphatic carbocycles. The van der Waals surface area contributed by atoms with Crippen LogP contribution in [0.3, 0.4) is 0 Å². The van der Waals surface area contributed by atoms with Gasteiger partial charge in [-0.2, -0.15) is 0 Å². The quantitative estimate of drug-likeness (QED) is 0.729. The molecule has 28 heavy (non-hydrogen) atoms. The molecule has 0 spiro atoms. The molecule has 1 N–H and O–H groups in total. The van der Waals surface area contributed by atoms with Gasteiger partial charge in [-0.1, -0.05) is 12.1 Å². The molecule has 1 fully saturated rings. The maximum absolute atomic E-state index is 12.6. The van der Waals surface area contributed by atoms with Crippen LogP contribution in [0, 0.1) is 6.92 Å². The lowest BCUT2D eigenvalue weighted by molar-refractivity contribution is 0.184. The second-order valence-corrected chi connectivity index (χ2v) is 8.52. The number of para-hydroxylation sites is 2. The van der Waals surface area contributed by atoms with E-state index in [1.807, 2.05) is 30.0 Å². The van der Waals surface area contributed by atoms with Crippen LogP contribution in [-0.4, -0.2) is 44.0 Å². The molecular formula is C21H24N4O2S. The van der Waals surface area contributed by atoms with Crippen LogP contribution in [0.4, 0.5) is 10.5 Å². The molecule has 4 rings (SSSR count). The van der Waals surface area contributed by atoms with Gasteiger partial charge in [0.25, 0.3) is 0 Å². The first-order valence-electron chi connectivity index (χ1n) is 9.46. The number of anilines is 1. The Labute approximate surface area is 167 Å². The predicted molar refractivity (Wildman–Crippen MR) is 112 cm³/mol. The molecule has 1 atom stereocenters. The van der Waals surface area contributed by atoms with Crippen molar-refractivity contribution in [2.45, 2.75) is 30.7 Å². The molecule has 2 aromatic carbocycles. The lowest BCUT2D eigenvalue weighted by Gasteiger charge is -2.33. The first kappa shape index (κ1) is 18.7. The third-order valence-electron chi connectivity index (χ3n) is 5.33. The van der Waals surface area contributed by atoms with Gasteiger partial charge in [0.05, 0.1) is 11.0 Å². The van der Waals surface area contributed by atoms with Gasteiger partial charge in [-0.25, -0.2) is 9.78 Å². The summed E-state index contributed by atoms with van der Waals surface area (Å²) in [4.78, 5) is 19.9. The van der Waals surface area contributed by atoms with Crippen molar-refractivity contribution in [3.63, 3.8) is 0 Å². The summed E-state index contributed by atoms with van der Waals surface area (Å²) in [5.74, 6) is 1.03. The summed E-state index contributed by atoms with van der Waals surface area (Å²) in [6, 6.07) is 15.6. The number of piperidine rings is 1. The molecule has 0 bridgehead atoms. The normalized spacial score (nSPS) is 16.3. The molecule has 1 saturated heterocycles. The van der Waals surface area contributed by atoms with Crippen molar-refractivity contribution in [2.75, 3.05) is 24.7 Å². The lowest BCUT2D eigenvalue weighted by Crippen LogP contribution is -2.41. The van der Waals surface area contributed by atoms with Gasteiger partial charge in [0.2, 0.25) is 0 Å². The van der Waals surface area contributed by atoms with Crippen LogP contribution in [0.15, 0.2) is 53.4 Å². The second-order valence-electron chi connectivity index (χ2n) is 7.14. The van der Waals surface area contributed by atoms with Crippen molar-refractivity contribution in [1.29, 1.82) is 0 Å². The topological polar surface area (TPSA) is 67.2 Å². The molecule has 2 heterocycles. The zero-order valence-electron chi connectivity index (χ0n) is 16.1. The second kappa shape index (κ2) is 7.75. The number of imidazole rings is 1. The molecule has 1 unspecified atom stereocenters. The molecule has 146 valence electrons. The van der Waals surface area contributed by atoms with E-state index in [4.69, 9.17) is 0 Å². The number of aromatic nitrogens is 2. The van der Waals surface area contributed by atoms with Crippen molar-refractivity contribution in [2.24, 2.45) is 0 Å². The van der Waals surface area contributed by atoms with Gasteiger partial charge < -0.3 is 14.8 Å². The van der Waals surface area contributed by atoms with Crippen molar-refractivity contribution < 1.29 is 9.00 Å². The van der Waals surface area contributed by atoms with Gasteiger partial charge in [-0.3, -0.25) is 4.21 Å². The van der Waals surface area contributed by atoms with E-state index in [1.165, 1.54) is 0 Å². The zero-order chi connectivity index (χ0) is 19.7. The smallest absolute Gasteiger partial charge is 0.321 e. The molecule has 0 saturated carbocycles. The van der Waals surface area contributed by atoms with E-state index in [2.05, 4.69) is 20.9 Å². The van der Waals surface area contributed by atoms with Crippen LogP contribution >= 0.6 is 0 Å². The monoisotopic (exact) mass is 396 g/mol. The van der Waals surface area contributed by atoms with Crippen molar-refractivity contribution in [3.05, 3.63) is 54.4 Å². The average Bonchev–Trinajstić information content (AvgIpc) is 3.04. The Hall–Kier alpha value is -2.67. The fraction of sp³-hybridized carbons (Fsp3) is 0.333. The Bertz CT molecular complexity index is 1020. The first-order chi connectivity index (χ1) is 13.5. The summed E-state index contributed by atoms with van der Waals surface area (Å²) in [5, 5.41) is 2.94. The molecule has 7 heteroatoms. The first-order valence-corrected chi connectivity index (χ1v) is 11.0. The Morgan fingerprint density at radius 1 is 1.11 bits per heavy atom. The highest BCUT2D eigenvalue weighted by molar-refractivity contribution is 7.84. The third kappa shape index (κ3) is 3.67. The van der Waals surface area contributed by atoms with Crippen molar-refractivity contribution in [1.82, 2.24) is 14.5 Å². The molecular weight excluding hydrogens is 372 g/mol. The van der Waals surface area contributed by atoms with Crippen LogP contribution in [0.5, 0.6) is 0 Å². The van der Waals surface area contributed by atoms with Crippen LogP contribution in [-0.2, 0) is 10.8 Å². The maximum Gasteiger partial charge on any atom is 0.321 e. The van der Waals surface area contributed by atoms with E-state index in [1.54, 1.807) is 30.5 Å². The summed E-state index contributed by atoms with van der Waals surface area (Å²) in [6.07, 6.45) is 3.45. The number of hydrogen-bond donors (Lipinski definition) is 1. The SMILES string of the molecule is Cc1nc2ccccc2n1C1CCN(C(=O)Nc2ccc(S(C)=O)cc2)CC1. The molecule has 6 nitrogen and oxygen atoms in total.